The molecule has 0 bridgehead atoms. The van der Waals surface area contributed by atoms with Gasteiger partial charge in [0.1, 0.15) is 0 Å². The van der Waals surface area contributed by atoms with Crippen molar-refractivity contribution in [3.63, 3.8) is 0 Å². The molecule has 1 saturated carbocycles. The van der Waals surface area contributed by atoms with Crippen LogP contribution in [0, 0.1) is 5.92 Å². The second-order valence-electron chi connectivity index (χ2n) is 3.72. The zero-order valence-electron chi connectivity index (χ0n) is 7.41. The molecule has 0 radical (unpaired) electrons. The van der Waals surface area contributed by atoms with Gasteiger partial charge in [0.2, 0.25) is 11.0 Å². The number of carbonyl (C=O) groups is 2. The molecule has 1 amide bonds. The molecule has 1 atom stereocenters. The molecule has 0 unspecified atom stereocenters. The van der Waals surface area contributed by atoms with Gasteiger partial charge in [-0.05, 0) is 25.2 Å². The Labute approximate surface area is 81.6 Å². The van der Waals surface area contributed by atoms with E-state index in [4.69, 9.17) is 0 Å². The molecule has 4 heteroatoms. The minimum Gasteiger partial charge on any atom is -0.345 e. The van der Waals surface area contributed by atoms with Crippen molar-refractivity contribution < 1.29 is 9.59 Å². The van der Waals surface area contributed by atoms with Crippen LogP contribution >= 0.6 is 11.8 Å². The summed E-state index contributed by atoms with van der Waals surface area (Å²) < 4.78 is 0. The molecule has 0 aromatic heterocycles. The first-order valence-electron chi connectivity index (χ1n) is 4.71. The molecule has 1 aliphatic carbocycles. The Hall–Kier alpha value is -0.510. The Kier molecular flexibility index (Phi) is 2.58. The number of thioether (sulfide) groups is 1. The Bertz CT molecular complexity index is 238. The molecule has 2 fully saturated rings. The molecular formula is C9H13NO2S. The third-order valence-corrected chi connectivity index (χ3v) is 3.45. The highest BCUT2D eigenvalue weighted by atomic mass is 32.2. The summed E-state index contributed by atoms with van der Waals surface area (Å²) in [5.74, 6) is 1.51. The number of hydrogen-bond donors (Lipinski definition) is 1. The van der Waals surface area contributed by atoms with Gasteiger partial charge in [0, 0.05) is 12.2 Å². The second-order valence-corrected chi connectivity index (χ2v) is 4.82. The van der Waals surface area contributed by atoms with Crippen LogP contribution in [0.15, 0.2) is 0 Å². The molecule has 0 aromatic carbocycles. The smallest absolute Gasteiger partial charge is 0.220 e. The van der Waals surface area contributed by atoms with Gasteiger partial charge in [-0.15, -0.1) is 0 Å². The van der Waals surface area contributed by atoms with Crippen LogP contribution in [0.5, 0.6) is 0 Å². The maximum atomic E-state index is 11.3. The standard InChI is InChI=1S/C9H13NO2S/c11-8(5-6-1-2-6)10-7-3-4-13-9(7)12/h6-7H,1-5H2,(H,10,11)/t7-/m0/s1. The van der Waals surface area contributed by atoms with Crippen LogP contribution in [0.1, 0.15) is 25.7 Å². The fraction of sp³-hybridized carbons (Fsp3) is 0.778. The summed E-state index contributed by atoms with van der Waals surface area (Å²) in [6, 6.07) is -0.198. The van der Waals surface area contributed by atoms with Crippen molar-refractivity contribution in [2.75, 3.05) is 5.75 Å². The Morgan fingerprint density at radius 1 is 1.46 bits per heavy atom. The van der Waals surface area contributed by atoms with Crippen molar-refractivity contribution in [1.29, 1.82) is 0 Å². The summed E-state index contributed by atoms with van der Waals surface area (Å²) in [7, 11) is 0. The van der Waals surface area contributed by atoms with E-state index in [9.17, 15) is 9.59 Å². The predicted octanol–water partition coefficient (Wildman–Crippen LogP) is 0.935. The zero-order valence-corrected chi connectivity index (χ0v) is 8.23. The predicted molar refractivity (Wildman–Crippen MR) is 51.4 cm³/mol. The topological polar surface area (TPSA) is 46.2 Å². The number of hydrogen-bond acceptors (Lipinski definition) is 3. The van der Waals surface area contributed by atoms with Gasteiger partial charge in [0.05, 0.1) is 6.04 Å². The van der Waals surface area contributed by atoms with Gasteiger partial charge in [-0.25, -0.2) is 0 Å². The van der Waals surface area contributed by atoms with Gasteiger partial charge in [-0.2, -0.15) is 0 Å². The Balaban J connectivity index is 1.75. The highest BCUT2D eigenvalue weighted by Gasteiger charge is 2.29. The lowest BCUT2D eigenvalue weighted by Gasteiger charge is -2.09. The van der Waals surface area contributed by atoms with Gasteiger partial charge in [-0.1, -0.05) is 11.8 Å². The third-order valence-electron chi connectivity index (χ3n) is 2.44. The molecule has 1 N–H and O–H groups in total. The molecule has 72 valence electrons. The lowest BCUT2D eigenvalue weighted by atomic mass is 10.2. The van der Waals surface area contributed by atoms with E-state index in [0.29, 0.717) is 12.3 Å². The van der Waals surface area contributed by atoms with Gasteiger partial charge < -0.3 is 5.32 Å². The average molecular weight is 199 g/mol. The maximum absolute atomic E-state index is 11.3. The molecule has 0 spiro atoms. The first kappa shape index (κ1) is 9.06. The molecule has 1 heterocycles. The SMILES string of the molecule is O=C(CC1CC1)N[C@H]1CCSC1=O. The highest BCUT2D eigenvalue weighted by molar-refractivity contribution is 8.14. The number of amides is 1. The van der Waals surface area contributed by atoms with Crippen LogP contribution < -0.4 is 5.32 Å². The summed E-state index contributed by atoms with van der Waals surface area (Å²) in [6.45, 7) is 0. The van der Waals surface area contributed by atoms with Crippen LogP contribution in [0.25, 0.3) is 0 Å². The summed E-state index contributed by atoms with van der Waals surface area (Å²) in [5, 5.41) is 2.92. The van der Waals surface area contributed by atoms with E-state index in [2.05, 4.69) is 5.32 Å². The van der Waals surface area contributed by atoms with E-state index in [1.807, 2.05) is 0 Å². The van der Waals surface area contributed by atoms with E-state index >= 15 is 0 Å². The van der Waals surface area contributed by atoms with Crippen molar-refractivity contribution in [1.82, 2.24) is 5.32 Å². The molecule has 0 aromatic rings. The monoisotopic (exact) mass is 199 g/mol. The number of rotatable bonds is 3. The van der Waals surface area contributed by atoms with Crippen molar-refractivity contribution in [2.45, 2.75) is 31.7 Å². The fourth-order valence-electron chi connectivity index (χ4n) is 1.46. The lowest BCUT2D eigenvalue weighted by molar-refractivity contribution is -0.124. The van der Waals surface area contributed by atoms with E-state index in [0.717, 1.165) is 12.2 Å². The van der Waals surface area contributed by atoms with E-state index in [1.54, 1.807) is 0 Å². The largest absolute Gasteiger partial charge is 0.345 e. The summed E-state index contributed by atoms with van der Waals surface area (Å²) >= 11 is 1.33. The molecule has 3 nitrogen and oxygen atoms in total. The second kappa shape index (κ2) is 3.70. The number of nitrogens with one attached hydrogen (secondary N) is 1. The van der Waals surface area contributed by atoms with Crippen LogP contribution in [-0.2, 0) is 9.59 Å². The molecule has 1 aliphatic heterocycles. The van der Waals surface area contributed by atoms with Crippen molar-refractivity contribution in [3.8, 4) is 0 Å². The minimum absolute atomic E-state index is 0.0587. The third kappa shape index (κ3) is 2.46. The van der Waals surface area contributed by atoms with Crippen molar-refractivity contribution in [2.24, 2.45) is 5.92 Å². The average Bonchev–Trinajstić information content (AvgIpc) is 2.79. The summed E-state index contributed by atoms with van der Waals surface area (Å²) in [6.07, 6.45) is 3.79. The summed E-state index contributed by atoms with van der Waals surface area (Å²) in [4.78, 5) is 22.5. The first-order chi connectivity index (χ1) is 6.25. The Morgan fingerprint density at radius 2 is 2.23 bits per heavy atom. The van der Waals surface area contributed by atoms with Gasteiger partial charge >= 0.3 is 0 Å². The van der Waals surface area contributed by atoms with E-state index in [1.165, 1.54) is 24.6 Å². The Morgan fingerprint density at radius 3 is 2.77 bits per heavy atom. The van der Waals surface area contributed by atoms with Gasteiger partial charge in [0.15, 0.2) is 0 Å². The van der Waals surface area contributed by atoms with Crippen molar-refractivity contribution in [3.05, 3.63) is 0 Å². The normalized spacial score (nSPS) is 27.7. The van der Waals surface area contributed by atoms with Crippen LogP contribution in [0.2, 0.25) is 0 Å². The van der Waals surface area contributed by atoms with Crippen LogP contribution in [0.4, 0.5) is 0 Å². The van der Waals surface area contributed by atoms with Gasteiger partial charge in [-0.3, -0.25) is 9.59 Å². The van der Waals surface area contributed by atoms with Crippen LogP contribution in [0.3, 0.4) is 0 Å². The van der Waals surface area contributed by atoms with E-state index in [-0.39, 0.29) is 17.1 Å². The molecule has 13 heavy (non-hydrogen) atoms. The fourth-order valence-corrected chi connectivity index (χ4v) is 2.40. The summed E-state index contributed by atoms with van der Waals surface area (Å²) in [5.41, 5.74) is 0. The highest BCUT2D eigenvalue weighted by Crippen LogP contribution is 2.32. The zero-order chi connectivity index (χ0) is 9.26. The van der Waals surface area contributed by atoms with Gasteiger partial charge in [0.25, 0.3) is 0 Å². The molecular weight excluding hydrogens is 186 g/mol. The molecule has 2 rings (SSSR count). The van der Waals surface area contributed by atoms with E-state index < -0.39 is 0 Å². The van der Waals surface area contributed by atoms with Crippen LogP contribution in [-0.4, -0.2) is 22.8 Å². The van der Waals surface area contributed by atoms with Crippen molar-refractivity contribution >= 4 is 22.8 Å². The quantitative estimate of drug-likeness (QED) is 0.735. The first-order valence-corrected chi connectivity index (χ1v) is 5.70. The number of carbonyl (C=O) groups excluding carboxylic acids is 2. The minimum atomic E-state index is -0.198. The lowest BCUT2D eigenvalue weighted by Crippen LogP contribution is -2.37. The molecule has 1 saturated heterocycles. The maximum Gasteiger partial charge on any atom is 0.220 e. The molecule has 2 aliphatic rings.